The quantitative estimate of drug-likeness (QED) is 0.259. The monoisotopic (exact) mass is 487 g/mol. The van der Waals surface area contributed by atoms with Crippen molar-refractivity contribution in [2.75, 3.05) is 25.2 Å². The number of anilines is 1. The Hall–Kier alpha value is -4.26. The first-order chi connectivity index (χ1) is 17.4. The average Bonchev–Trinajstić information content (AvgIpc) is 3.14. The number of Topliss-reactive ketones (excluding diaryl/α,β-unsaturated/α-hetero) is 1. The van der Waals surface area contributed by atoms with Crippen molar-refractivity contribution < 1.29 is 28.9 Å². The molecular formula is C29H29NO6. The van der Waals surface area contributed by atoms with Crippen LogP contribution in [0.4, 0.5) is 5.69 Å². The zero-order valence-electron chi connectivity index (χ0n) is 20.8. The minimum atomic E-state index is -0.848. The molecule has 1 saturated heterocycles. The molecule has 3 aromatic rings. The van der Waals surface area contributed by atoms with Crippen molar-refractivity contribution in [3.05, 3.63) is 89.0 Å². The number of hydrogen-bond acceptors (Lipinski definition) is 6. The molecule has 36 heavy (non-hydrogen) atoms. The van der Waals surface area contributed by atoms with Gasteiger partial charge in [0, 0.05) is 17.8 Å². The summed E-state index contributed by atoms with van der Waals surface area (Å²) in [7, 11) is 1.53. The third-order valence-electron chi connectivity index (χ3n) is 6.08. The first-order valence-corrected chi connectivity index (χ1v) is 11.8. The molecule has 4 rings (SSSR count). The maximum absolute atomic E-state index is 13.5. The highest BCUT2D eigenvalue weighted by Crippen LogP contribution is 2.45. The van der Waals surface area contributed by atoms with Gasteiger partial charge in [-0.2, -0.15) is 0 Å². The van der Waals surface area contributed by atoms with Crippen LogP contribution in [0.1, 0.15) is 36.6 Å². The lowest BCUT2D eigenvalue weighted by Crippen LogP contribution is -2.29. The zero-order valence-corrected chi connectivity index (χ0v) is 20.8. The van der Waals surface area contributed by atoms with Gasteiger partial charge < -0.3 is 19.3 Å². The molecule has 1 fully saturated rings. The van der Waals surface area contributed by atoms with Gasteiger partial charge in [-0.25, -0.2) is 0 Å². The minimum Gasteiger partial charge on any atom is -0.507 e. The van der Waals surface area contributed by atoms with Gasteiger partial charge in [0.25, 0.3) is 11.7 Å². The van der Waals surface area contributed by atoms with Gasteiger partial charge in [-0.3, -0.25) is 14.5 Å². The van der Waals surface area contributed by atoms with Crippen molar-refractivity contribution in [3.8, 4) is 17.2 Å². The first kappa shape index (κ1) is 24.9. The Balaban J connectivity index is 1.96. The van der Waals surface area contributed by atoms with Gasteiger partial charge in [0.1, 0.15) is 23.0 Å². The summed E-state index contributed by atoms with van der Waals surface area (Å²) < 4.78 is 16.7. The lowest BCUT2D eigenvalue weighted by molar-refractivity contribution is -0.132. The number of carbonyl (C=O) groups is 2. The molecule has 0 radical (unpaired) electrons. The first-order valence-electron chi connectivity index (χ1n) is 11.8. The number of carbonyl (C=O) groups excluding carboxylic acids is 2. The van der Waals surface area contributed by atoms with E-state index in [1.165, 1.54) is 12.0 Å². The SMILES string of the molecule is CCOc1ccc(/C(O)=C2\C(=O)C(=O)N(c3cccc(OC)c3)C2c2ccccc2C)c(OCC)c1. The van der Waals surface area contributed by atoms with Crippen LogP contribution in [-0.2, 0) is 9.59 Å². The van der Waals surface area contributed by atoms with Crippen LogP contribution in [0.5, 0.6) is 17.2 Å². The smallest absolute Gasteiger partial charge is 0.300 e. The number of rotatable bonds is 8. The maximum atomic E-state index is 13.5. The number of ketones is 1. The predicted octanol–water partition coefficient (Wildman–Crippen LogP) is 5.43. The summed E-state index contributed by atoms with van der Waals surface area (Å²) in [6.45, 7) is 6.41. The number of hydrogen-bond donors (Lipinski definition) is 1. The summed E-state index contributed by atoms with van der Waals surface area (Å²) in [5, 5.41) is 11.6. The fourth-order valence-electron chi connectivity index (χ4n) is 4.42. The Labute approximate surface area is 210 Å². The second-order valence-electron chi connectivity index (χ2n) is 8.25. The van der Waals surface area contributed by atoms with Gasteiger partial charge in [-0.15, -0.1) is 0 Å². The summed E-state index contributed by atoms with van der Waals surface area (Å²) in [5.74, 6) is -0.342. The summed E-state index contributed by atoms with van der Waals surface area (Å²) in [5.41, 5.74) is 2.38. The summed E-state index contributed by atoms with van der Waals surface area (Å²) >= 11 is 0. The van der Waals surface area contributed by atoms with E-state index in [0.29, 0.717) is 41.7 Å². The highest BCUT2D eigenvalue weighted by atomic mass is 16.5. The highest BCUT2D eigenvalue weighted by molar-refractivity contribution is 6.51. The van der Waals surface area contributed by atoms with E-state index in [1.807, 2.05) is 45.0 Å². The van der Waals surface area contributed by atoms with Crippen LogP contribution in [0.2, 0.25) is 0 Å². The Morgan fingerprint density at radius 2 is 1.67 bits per heavy atom. The Morgan fingerprint density at radius 1 is 0.917 bits per heavy atom. The van der Waals surface area contributed by atoms with Crippen molar-refractivity contribution in [2.45, 2.75) is 26.8 Å². The normalized spacial score (nSPS) is 16.8. The molecule has 1 heterocycles. The van der Waals surface area contributed by atoms with E-state index in [2.05, 4.69) is 0 Å². The molecule has 1 unspecified atom stereocenters. The number of ether oxygens (including phenoxy) is 3. The lowest BCUT2D eigenvalue weighted by Gasteiger charge is -2.27. The molecule has 186 valence electrons. The zero-order chi connectivity index (χ0) is 25.8. The molecular weight excluding hydrogens is 458 g/mol. The molecule has 7 heteroatoms. The van der Waals surface area contributed by atoms with E-state index in [0.717, 1.165) is 11.1 Å². The number of aliphatic hydroxyl groups excluding tert-OH is 1. The van der Waals surface area contributed by atoms with Gasteiger partial charge in [0.15, 0.2) is 0 Å². The third kappa shape index (κ3) is 4.52. The molecule has 1 N–H and O–H groups in total. The van der Waals surface area contributed by atoms with Crippen molar-refractivity contribution in [1.29, 1.82) is 0 Å². The summed E-state index contributed by atoms with van der Waals surface area (Å²) in [6, 6.07) is 18.6. The molecule has 1 aliphatic rings. The second-order valence-corrected chi connectivity index (χ2v) is 8.25. The van der Waals surface area contributed by atoms with Crippen LogP contribution in [0.15, 0.2) is 72.3 Å². The van der Waals surface area contributed by atoms with Gasteiger partial charge >= 0.3 is 0 Å². The molecule has 1 atom stereocenters. The Bertz CT molecular complexity index is 1330. The van der Waals surface area contributed by atoms with Crippen LogP contribution in [0.25, 0.3) is 5.76 Å². The summed E-state index contributed by atoms with van der Waals surface area (Å²) in [4.78, 5) is 28.3. The van der Waals surface area contributed by atoms with Crippen LogP contribution in [-0.4, -0.2) is 37.1 Å². The van der Waals surface area contributed by atoms with E-state index in [9.17, 15) is 14.7 Å². The van der Waals surface area contributed by atoms with Gasteiger partial charge in [-0.1, -0.05) is 30.3 Å². The number of aliphatic hydroxyl groups is 1. The van der Waals surface area contributed by atoms with Crippen LogP contribution >= 0.6 is 0 Å². The van der Waals surface area contributed by atoms with Gasteiger partial charge in [-0.05, 0) is 56.2 Å². The number of aryl methyl sites for hydroxylation is 1. The van der Waals surface area contributed by atoms with Crippen molar-refractivity contribution in [1.82, 2.24) is 0 Å². The molecule has 0 bridgehead atoms. The predicted molar refractivity (Wildman–Crippen MR) is 138 cm³/mol. The molecule has 0 aliphatic carbocycles. The van der Waals surface area contributed by atoms with E-state index in [1.54, 1.807) is 42.5 Å². The number of methoxy groups -OCH3 is 1. The molecule has 0 aromatic heterocycles. The lowest BCUT2D eigenvalue weighted by atomic mass is 9.92. The number of amides is 1. The third-order valence-corrected chi connectivity index (χ3v) is 6.08. The molecule has 1 aliphatic heterocycles. The minimum absolute atomic E-state index is 0.0118. The van der Waals surface area contributed by atoms with Crippen LogP contribution < -0.4 is 19.1 Å². The van der Waals surface area contributed by atoms with Crippen LogP contribution in [0.3, 0.4) is 0 Å². The van der Waals surface area contributed by atoms with E-state index in [-0.39, 0.29) is 11.3 Å². The molecule has 0 spiro atoms. The fourth-order valence-corrected chi connectivity index (χ4v) is 4.42. The number of nitrogens with zero attached hydrogens (tertiary/aromatic N) is 1. The van der Waals surface area contributed by atoms with Crippen molar-refractivity contribution >= 4 is 23.1 Å². The maximum Gasteiger partial charge on any atom is 0.300 e. The molecule has 1 amide bonds. The van der Waals surface area contributed by atoms with Gasteiger partial charge in [0.05, 0.1) is 37.5 Å². The van der Waals surface area contributed by atoms with E-state index in [4.69, 9.17) is 14.2 Å². The fraction of sp³-hybridized carbons (Fsp3) is 0.241. The van der Waals surface area contributed by atoms with Crippen LogP contribution in [0, 0.1) is 6.92 Å². The molecule has 7 nitrogen and oxygen atoms in total. The average molecular weight is 488 g/mol. The Kier molecular flexibility index (Phi) is 7.29. The van der Waals surface area contributed by atoms with Crippen molar-refractivity contribution in [3.63, 3.8) is 0 Å². The van der Waals surface area contributed by atoms with Gasteiger partial charge in [0.2, 0.25) is 0 Å². The topological polar surface area (TPSA) is 85.3 Å². The molecule has 0 saturated carbocycles. The van der Waals surface area contributed by atoms with E-state index >= 15 is 0 Å². The summed E-state index contributed by atoms with van der Waals surface area (Å²) in [6.07, 6.45) is 0. The number of benzene rings is 3. The highest BCUT2D eigenvalue weighted by Gasteiger charge is 2.47. The molecule has 3 aromatic carbocycles. The second kappa shape index (κ2) is 10.6. The van der Waals surface area contributed by atoms with Crippen molar-refractivity contribution in [2.24, 2.45) is 0 Å². The Morgan fingerprint density at radius 3 is 2.36 bits per heavy atom. The largest absolute Gasteiger partial charge is 0.507 e. The standard InChI is InChI=1S/C29H29NO6/c1-5-35-21-14-15-23(24(17-21)36-6-2)27(31)25-26(22-13-8-7-10-18(22)3)30(29(33)28(25)32)19-11-9-12-20(16-19)34-4/h7-17,26,31H,5-6H2,1-4H3/b27-25+. The van der Waals surface area contributed by atoms with E-state index < -0.39 is 17.7 Å².